The maximum atomic E-state index is 7.22. The maximum Gasteiger partial charge on any atom is 0.0636 e. The molecule has 6 rings (SSSR count). The van der Waals surface area contributed by atoms with E-state index in [-0.39, 0.29) is 5.41 Å². The van der Waals surface area contributed by atoms with Crippen molar-refractivity contribution in [1.82, 2.24) is 0 Å². The molecule has 6 aromatic carbocycles. The molecule has 0 aromatic heterocycles. The van der Waals surface area contributed by atoms with Crippen molar-refractivity contribution in [1.29, 1.82) is 0 Å². The fourth-order valence-corrected chi connectivity index (χ4v) is 8.15. The molecule has 1 atom stereocenters. The van der Waals surface area contributed by atoms with Gasteiger partial charge in [-0.15, -0.1) is 0 Å². The molecule has 3 heteroatoms. The minimum Gasteiger partial charge on any atom is -0.318 e. The molecule has 0 fully saturated rings. The maximum absolute atomic E-state index is 7.22. The van der Waals surface area contributed by atoms with E-state index in [1.807, 2.05) is 44.2 Å². The fraction of sp³-hybridized carbons (Fsp3) is 0.143. The highest BCUT2D eigenvalue weighted by Gasteiger charge is 2.28. The van der Waals surface area contributed by atoms with E-state index >= 15 is 0 Å². The van der Waals surface area contributed by atoms with E-state index < -0.39 is 5.54 Å². The van der Waals surface area contributed by atoms with E-state index in [9.17, 15) is 0 Å². The van der Waals surface area contributed by atoms with E-state index in [0.29, 0.717) is 0 Å². The van der Waals surface area contributed by atoms with Gasteiger partial charge in [-0.3, -0.25) is 0 Å². The zero-order valence-corrected chi connectivity index (χ0v) is 39.8. The van der Waals surface area contributed by atoms with Crippen LogP contribution in [-0.2, 0) is 11.0 Å². The Bertz CT molecular complexity index is 2750. The van der Waals surface area contributed by atoms with Crippen LogP contribution in [0.15, 0.2) is 248 Å². The first-order valence-corrected chi connectivity index (χ1v) is 22.8. The lowest BCUT2D eigenvalue weighted by molar-refractivity contribution is 0.599. The molecule has 2 N–H and O–H groups in total. The molecule has 0 aliphatic heterocycles. The van der Waals surface area contributed by atoms with E-state index in [1.54, 1.807) is 0 Å². The molecule has 0 amide bonds. The fourth-order valence-electron chi connectivity index (χ4n) is 8.15. The van der Waals surface area contributed by atoms with Gasteiger partial charge in [-0.1, -0.05) is 191 Å². The molecule has 0 bridgehead atoms. The van der Waals surface area contributed by atoms with Gasteiger partial charge in [-0.05, 0) is 146 Å². The summed E-state index contributed by atoms with van der Waals surface area (Å²) in [7, 11) is 0. The smallest absolute Gasteiger partial charge is 0.0636 e. The molecule has 0 radical (unpaired) electrons. The minimum atomic E-state index is -0.713. The molecular weight excluding hydrogens is 799 g/mol. The molecule has 3 nitrogen and oxygen atoms in total. The molecule has 1 unspecified atom stereocenters. The highest BCUT2D eigenvalue weighted by Crippen LogP contribution is 2.39. The lowest BCUT2D eigenvalue weighted by atomic mass is 9.76. The summed E-state index contributed by atoms with van der Waals surface area (Å²) in [5.41, 5.74) is 21.7. The van der Waals surface area contributed by atoms with Gasteiger partial charge in [0.15, 0.2) is 0 Å². The monoisotopic (exact) mass is 864 g/mol. The largest absolute Gasteiger partial charge is 0.318 e. The van der Waals surface area contributed by atoms with Crippen molar-refractivity contribution in [2.24, 2.45) is 5.73 Å². The summed E-state index contributed by atoms with van der Waals surface area (Å²) in [4.78, 5) is 4.52. The van der Waals surface area contributed by atoms with Crippen molar-refractivity contribution < 1.29 is 0 Å². The normalized spacial score (nSPS) is 13.7. The van der Waals surface area contributed by atoms with Crippen molar-refractivity contribution in [3.63, 3.8) is 0 Å². The van der Waals surface area contributed by atoms with Crippen molar-refractivity contribution in [3.05, 3.63) is 282 Å². The van der Waals surface area contributed by atoms with Gasteiger partial charge >= 0.3 is 0 Å². The van der Waals surface area contributed by atoms with Gasteiger partial charge in [0, 0.05) is 39.5 Å². The van der Waals surface area contributed by atoms with Crippen LogP contribution in [0.4, 0.5) is 28.4 Å². The number of nitrogens with two attached hydrogens (primary N) is 1. The number of allylic oxidation sites excluding steroid dienone is 13. The Hall–Kier alpha value is -7.46. The van der Waals surface area contributed by atoms with Crippen molar-refractivity contribution in [2.45, 2.75) is 59.4 Å². The van der Waals surface area contributed by atoms with E-state index in [4.69, 9.17) is 5.73 Å². The molecule has 0 saturated heterocycles. The summed E-state index contributed by atoms with van der Waals surface area (Å²) in [5, 5.41) is 0. The van der Waals surface area contributed by atoms with Crippen LogP contribution in [0.1, 0.15) is 81.8 Å². The molecule has 0 spiro atoms. The van der Waals surface area contributed by atoms with Gasteiger partial charge in [0.25, 0.3) is 0 Å². The minimum absolute atomic E-state index is 0.254. The van der Waals surface area contributed by atoms with E-state index in [2.05, 4.69) is 258 Å². The van der Waals surface area contributed by atoms with Crippen LogP contribution in [-0.4, -0.2) is 0 Å². The van der Waals surface area contributed by atoms with Gasteiger partial charge in [0.05, 0.1) is 5.54 Å². The first kappa shape index (κ1) is 48.0. The molecule has 0 heterocycles. The summed E-state index contributed by atoms with van der Waals surface area (Å²) in [6.07, 6.45) is 26.7. The van der Waals surface area contributed by atoms with Gasteiger partial charge in [-0.25, -0.2) is 0 Å². The van der Waals surface area contributed by atoms with Crippen LogP contribution in [0.3, 0.4) is 0 Å². The number of rotatable bonds is 18. The molecule has 0 saturated carbocycles. The number of hydrogen-bond acceptors (Lipinski definition) is 3. The molecular formula is C63H65N3. The van der Waals surface area contributed by atoms with Crippen LogP contribution in [0.5, 0.6) is 0 Å². The molecule has 0 aliphatic rings. The number of anilines is 5. The van der Waals surface area contributed by atoms with Crippen LogP contribution in [0.25, 0.3) is 12.2 Å². The average molecular weight is 864 g/mol. The first-order chi connectivity index (χ1) is 32.0. The van der Waals surface area contributed by atoms with Crippen LogP contribution in [0.2, 0.25) is 0 Å². The second-order valence-electron chi connectivity index (χ2n) is 17.0. The van der Waals surface area contributed by atoms with Crippen molar-refractivity contribution in [3.8, 4) is 0 Å². The lowest BCUT2D eigenvalue weighted by Crippen LogP contribution is -2.34. The first-order valence-electron chi connectivity index (χ1n) is 22.8. The third kappa shape index (κ3) is 11.4. The summed E-state index contributed by atoms with van der Waals surface area (Å²) in [5.74, 6) is 0. The summed E-state index contributed by atoms with van der Waals surface area (Å²) in [6.45, 7) is 22.8. The van der Waals surface area contributed by atoms with Gasteiger partial charge in [0.2, 0.25) is 0 Å². The second kappa shape index (κ2) is 22.4. The Morgan fingerprint density at radius 3 is 1.35 bits per heavy atom. The van der Waals surface area contributed by atoms with Gasteiger partial charge in [0.1, 0.15) is 0 Å². The predicted octanol–water partition coefficient (Wildman–Crippen LogP) is 17.2. The number of para-hydroxylation sites is 1. The highest BCUT2D eigenvalue weighted by molar-refractivity contribution is 5.77. The summed E-state index contributed by atoms with van der Waals surface area (Å²) in [6, 6.07) is 54.1. The Kier molecular flexibility index (Phi) is 16.3. The highest BCUT2D eigenvalue weighted by atomic mass is 15.1. The summed E-state index contributed by atoms with van der Waals surface area (Å²) < 4.78 is 0. The van der Waals surface area contributed by atoms with Crippen LogP contribution in [0, 0.1) is 0 Å². The summed E-state index contributed by atoms with van der Waals surface area (Å²) >= 11 is 0. The number of benzene rings is 6. The van der Waals surface area contributed by atoms with Crippen LogP contribution >= 0.6 is 0 Å². The van der Waals surface area contributed by atoms with Crippen molar-refractivity contribution >= 4 is 40.6 Å². The van der Waals surface area contributed by atoms with Crippen LogP contribution < -0.4 is 15.5 Å². The standard InChI is InChI=1S/C63H65N3/c1-10-19-48(13-4)24-25-50-28-40-58(41-29-50)65(56(14-5)15-6)60-44-36-53(37-45-60)62(7,8)52-32-34-54(35-33-52)63(9,64)55-38-46-61(47-39-55)66(57-22-17-16-18-23-57)59-42-30-51(31-43-59)27-26-49(20-11-2)21-12-3/h10-47H,2,5,64H2,1,3-4,6-9H3/b19-10-,21-12-,25-24+,27-26+,48-13+,49-20+,56-15+. The zero-order chi connectivity index (χ0) is 47.1. The second-order valence-corrected chi connectivity index (χ2v) is 17.0. The predicted molar refractivity (Wildman–Crippen MR) is 289 cm³/mol. The zero-order valence-electron chi connectivity index (χ0n) is 39.8. The number of hydrogen-bond donors (Lipinski definition) is 1. The quantitative estimate of drug-likeness (QED) is 0.0874. The van der Waals surface area contributed by atoms with Gasteiger partial charge < -0.3 is 15.5 Å². The van der Waals surface area contributed by atoms with Gasteiger partial charge in [-0.2, -0.15) is 0 Å². The molecule has 332 valence electrons. The SMILES string of the molecule is C=C/C=C(\C=C/C)/C=C/c1ccc(N(c2ccccc2)c2ccc(C(C)(N)c3ccc(C(C)(C)c4ccc(N(/C(C=C)=C/C)c5ccc(/C=C/C(/C=C\C)=C/C)cc5)cc4)cc3)cc2)cc1. The lowest BCUT2D eigenvalue weighted by Gasteiger charge is -2.31. The number of nitrogens with zero attached hydrogens (tertiary/aromatic N) is 2. The third-order valence-electron chi connectivity index (χ3n) is 12.2. The van der Waals surface area contributed by atoms with E-state index in [0.717, 1.165) is 62.0 Å². The Balaban J connectivity index is 1.20. The topological polar surface area (TPSA) is 32.5 Å². The Morgan fingerprint density at radius 1 is 0.470 bits per heavy atom. The Morgan fingerprint density at radius 2 is 0.879 bits per heavy atom. The molecule has 0 aliphatic carbocycles. The molecule has 6 aromatic rings. The average Bonchev–Trinajstić information content (AvgIpc) is 3.35. The molecule has 66 heavy (non-hydrogen) atoms. The van der Waals surface area contributed by atoms with E-state index in [1.165, 1.54) is 16.7 Å². The Labute approximate surface area is 395 Å². The third-order valence-corrected chi connectivity index (χ3v) is 12.2. The van der Waals surface area contributed by atoms with Crippen molar-refractivity contribution in [2.75, 3.05) is 9.80 Å².